The second-order valence-corrected chi connectivity index (χ2v) is 7.55. The topological polar surface area (TPSA) is 59.0 Å². The predicted molar refractivity (Wildman–Crippen MR) is 116 cm³/mol. The second kappa shape index (κ2) is 9.51. The summed E-state index contributed by atoms with van der Waals surface area (Å²) in [5.74, 6) is 0.267. The first-order valence-corrected chi connectivity index (χ1v) is 10.3. The predicted octanol–water partition coefficient (Wildman–Crippen LogP) is 5.64. The molecule has 0 saturated carbocycles. The summed E-state index contributed by atoms with van der Waals surface area (Å²) in [7, 11) is 0. The van der Waals surface area contributed by atoms with Crippen LogP contribution in [0.15, 0.2) is 72.8 Å². The highest BCUT2D eigenvalue weighted by molar-refractivity contribution is 5.69. The number of halogens is 1. The number of para-hydroxylation sites is 1. The van der Waals surface area contributed by atoms with Gasteiger partial charge >= 0.3 is 5.97 Å². The molecule has 0 bridgehead atoms. The maximum atomic E-state index is 13.8. The fourth-order valence-electron chi connectivity index (χ4n) is 3.84. The van der Waals surface area contributed by atoms with Crippen LogP contribution in [0.25, 0.3) is 0 Å². The lowest BCUT2D eigenvalue weighted by atomic mass is 10.1. The SMILES string of the molecule is O=C(O)C[C@@H]1CCCN1c1ccc(OCc2cccc(Oc3ccccc3F)c2)cc1. The maximum Gasteiger partial charge on any atom is 0.305 e. The van der Waals surface area contributed by atoms with Gasteiger partial charge in [-0.3, -0.25) is 4.79 Å². The Kier molecular flexibility index (Phi) is 6.36. The van der Waals surface area contributed by atoms with E-state index in [-0.39, 0.29) is 18.2 Å². The Morgan fingerprint density at radius 1 is 1.03 bits per heavy atom. The molecular formula is C25H24FNO4. The van der Waals surface area contributed by atoms with E-state index < -0.39 is 11.8 Å². The number of benzene rings is 3. The molecule has 1 aliphatic heterocycles. The van der Waals surface area contributed by atoms with Crippen molar-refractivity contribution in [3.8, 4) is 17.2 Å². The number of carboxylic acid groups (broad SMARTS) is 1. The molecule has 1 aliphatic rings. The second-order valence-electron chi connectivity index (χ2n) is 7.55. The molecule has 1 heterocycles. The molecule has 0 unspecified atom stereocenters. The number of hydrogen-bond donors (Lipinski definition) is 1. The summed E-state index contributed by atoms with van der Waals surface area (Å²) < 4.78 is 25.3. The van der Waals surface area contributed by atoms with Gasteiger partial charge in [-0.1, -0.05) is 24.3 Å². The smallest absolute Gasteiger partial charge is 0.305 e. The molecule has 3 aromatic rings. The lowest BCUT2D eigenvalue weighted by Gasteiger charge is -2.25. The van der Waals surface area contributed by atoms with Crippen molar-refractivity contribution in [1.82, 2.24) is 0 Å². The monoisotopic (exact) mass is 421 g/mol. The minimum absolute atomic E-state index is 0.0430. The van der Waals surface area contributed by atoms with Crippen molar-refractivity contribution in [3.05, 3.63) is 84.2 Å². The molecule has 1 fully saturated rings. The number of anilines is 1. The molecule has 160 valence electrons. The van der Waals surface area contributed by atoms with Gasteiger partial charge in [-0.2, -0.15) is 0 Å². The Morgan fingerprint density at radius 2 is 1.84 bits per heavy atom. The standard InChI is InChI=1S/C25H24FNO4/c26-23-8-1-2-9-24(23)31-22-7-3-5-18(15-22)17-30-21-12-10-19(11-13-21)27-14-4-6-20(27)16-25(28)29/h1-3,5,7-13,15,20H,4,6,14,16-17H2,(H,28,29)/t20-/m0/s1. The highest BCUT2D eigenvalue weighted by atomic mass is 19.1. The number of carboxylic acids is 1. The van der Waals surface area contributed by atoms with Gasteiger partial charge in [0.15, 0.2) is 11.6 Å². The zero-order valence-corrected chi connectivity index (χ0v) is 17.0. The third-order valence-electron chi connectivity index (χ3n) is 5.32. The van der Waals surface area contributed by atoms with E-state index in [1.165, 1.54) is 6.07 Å². The minimum atomic E-state index is -0.766. The van der Waals surface area contributed by atoms with E-state index in [4.69, 9.17) is 14.6 Å². The molecule has 0 radical (unpaired) electrons. The van der Waals surface area contributed by atoms with Gasteiger partial charge in [-0.25, -0.2) is 4.39 Å². The third kappa shape index (κ3) is 5.34. The van der Waals surface area contributed by atoms with Crippen molar-refractivity contribution in [2.45, 2.75) is 31.9 Å². The van der Waals surface area contributed by atoms with Crippen molar-refractivity contribution in [2.24, 2.45) is 0 Å². The highest BCUT2D eigenvalue weighted by Gasteiger charge is 2.26. The van der Waals surface area contributed by atoms with Crippen molar-refractivity contribution < 1.29 is 23.8 Å². The lowest BCUT2D eigenvalue weighted by molar-refractivity contribution is -0.137. The van der Waals surface area contributed by atoms with E-state index >= 15 is 0 Å². The van der Waals surface area contributed by atoms with E-state index in [0.717, 1.165) is 36.4 Å². The summed E-state index contributed by atoms with van der Waals surface area (Å²) in [5, 5.41) is 9.10. The van der Waals surface area contributed by atoms with Crippen LogP contribution < -0.4 is 14.4 Å². The number of carbonyl (C=O) groups is 1. The van der Waals surface area contributed by atoms with Crippen molar-refractivity contribution >= 4 is 11.7 Å². The quantitative estimate of drug-likeness (QED) is 0.510. The van der Waals surface area contributed by atoms with E-state index in [2.05, 4.69) is 4.90 Å². The Hall–Kier alpha value is -3.54. The van der Waals surface area contributed by atoms with Gasteiger partial charge < -0.3 is 19.5 Å². The van der Waals surface area contributed by atoms with E-state index in [9.17, 15) is 9.18 Å². The summed E-state index contributed by atoms with van der Waals surface area (Å²) in [6.07, 6.45) is 2.06. The molecule has 4 rings (SSSR count). The molecule has 0 aliphatic carbocycles. The lowest BCUT2D eigenvalue weighted by Crippen LogP contribution is -2.31. The molecular weight excluding hydrogens is 397 g/mol. The molecule has 5 nitrogen and oxygen atoms in total. The molecule has 0 spiro atoms. The summed E-state index contributed by atoms with van der Waals surface area (Å²) in [4.78, 5) is 13.2. The zero-order valence-electron chi connectivity index (χ0n) is 17.0. The molecule has 0 amide bonds. The largest absolute Gasteiger partial charge is 0.489 e. The third-order valence-corrected chi connectivity index (χ3v) is 5.32. The van der Waals surface area contributed by atoms with Crippen molar-refractivity contribution in [2.75, 3.05) is 11.4 Å². The van der Waals surface area contributed by atoms with E-state index in [0.29, 0.717) is 12.4 Å². The van der Waals surface area contributed by atoms with Crippen LogP contribution in [0.2, 0.25) is 0 Å². The Bertz CT molecular complexity index is 1040. The van der Waals surface area contributed by atoms with Gasteiger partial charge in [0.25, 0.3) is 0 Å². The summed E-state index contributed by atoms with van der Waals surface area (Å²) in [6.45, 7) is 1.21. The fourth-order valence-corrected chi connectivity index (χ4v) is 3.84. The van der Waals surface area contributed by atoms with Crippen LogP contribution in [-0.4, -0.2) is 23.7 Å². The van der Waals surface area contributed by atoms with Crippen LogP contribution in [-0.2, 0) is 11.4 Å². The van der Waals surface area contributed by atoms with Crippen LogP contribution in [0.4, 0.5) is 10.1 Å². The maximum absolute atomic E-state index is 13.8. The van der Waals surface area contributed by atoms with Crippen LogP contribution in [0.3, 0.4) is 0 Å². The molecule has 1 saturated heterocycles. The van der Waals surface area contributed by atoms with Gasteiger partial charge in [0, 0.05) is 18.3 Å². The first-order valence-electron chi connectivity index (χ1n) is 10.3. The van der Waals surface area contributed by atoms with Gasteiger partial charge in [0.2, 0.25) is 0 Å². The number of ether oxygens (including phenoxy) is 2. The van der Waals surface area contributed by atoms with E-state index in [1.54, 1.807) is 24.3 Å². The fraction of sp³-hybridized carbons (Fsp3) is 0.240. The Labute approximate surface area is 180 Å². The van der Waals surface area contributed by atoms with Crippen molar-refractivity contribution in [3.63, 3.8) is 0 Å². The Morgan fingerprint density at radius 3 is 2.61 bits per heavy atom. The highest BCUT2D eigenvalue weighted by Crippen LogP contribution is 2.29. The first-order chi connectivity index (χ1) is 15.1. The van der Waals surface area contributed by atoms with Gasteiger partial charge in [0.1, 0.15) is 18.1 Å². The number of hydrogen-bond acceptors (Lipinski definition) is 4. The molecule has 1 N–H and O–H groups in total. The van der Waals surface area contributed by atoms with Gasteiger partial charge in [-0.15, -0.1) is 0 Å². The Balaban J connectivity index is 1.36. The molecule has 31 heavy (non-hydrogen) atoms. The average molecular weight is 421 g/mol. The molecule has 6 heteroatoms. The van der Waals surface area contributed by atoms with Gasteiger partial charge in [-0.05, 0) is 66.9 Å². The molecule has 3 aromatic carbocycles. The van der Waals surface area contributed by atoms with Crippen LogP contribution in [0, 0.1) is 5.82 Å². The number of nitrogens with zero attached hydrogens (tertiary/aromatic N) is 1. The first kappa shape index (κ1) is 20.7. The van der Waals surface area contributed by atoms with Crippen LogP contribution in [0.5, 0.6) is 17.2 Å². The number of rotatable bonds is 8. The van der Waals surface area contributed by atoms with Crippen LogP contribution in [0.1, 0.15) is 24.8 Å². The molecule has 0 aromatic heterocycles. The van der Waals surface area contributed by atoms with Crippen LogP contribution >= 0.6 is 0 Å². The molecule has 1 atom stereocenters. The minimum Gasteiger partial charge on any atom is -0.489 e. The normalized spacial score (nSPS) is 15.6. The number of aliphatic carboxylic acids is 1. The average Bonchev–Trinajstić information content (AvgIpc) is 3.22. The van der Waals surface area contributed by atoms with E-state index in [1.807, 2.05) is 42.5 Å². The zero-order chi connectivity index (χ0) is 21.6. The van der Waals surface area contributed by atoms with Crippen molar-refractivity contribution in [1.29, 1.82) is 0 Å². The summed E-state index contributed by atoms with van der Waals surface area (Å²) in [5.41, 5.74) is 1.91. The summed E-state index contributed by atoms with van der Waals surface area (Å²) >= 11 is 0. The summed E-state index contributed by atoms with van der Waals surface area (Å²) in [6, 6.07) is 21.4. The van der Waals surface area contributed by atoms with Gasteiger partial charge in [0.05, 0.1) is 6.42 Å².